The number of amides is 1. The van der Waals surface area contributed by atoms with E-state index >= 15 is 4.39 Å². The average molecular weight is 648 g/mol. The Morgan fingerprint density at radius 2 is 1.96 bits per heavy atom. The second-order valence-electron chi connectivity index (χ2n) is 12.6. The first-order valence-corrected chi connectivity index (χ1v) is 15.4. The van der Waals surface area contributed by atoms with Crippen LogP contribution < -0.4 is 15.4 Å². The van der Waals surface area contributed by atoms with Crippen molar-refractivity contribution in [3.63, 3.8) is 0 Å². The number of halogens is 5. The van der Waals surface area contributed by atoms with E-state index in [4.69, 9.17) is 15.5 Å². The average Bonchev–Trinajstić information content (AvgIpc) is 3.40. The van der Waals surface area contributed by atoms with Crippen LogP contribution in [0.3, 0.4) is 0 Å². The summed E-state index contributed by atoms with van der Waals surface area (Å²) in [6, 6.07) is 2.58. The van der Waals surface area contributed by atoms with Crippen molar-refractivity contribution in [3.05, 3.63) is 52.2 Å². The summed E-state index contributed by atoms with van der Waals surface area (Å²) in [5.74, 6) is -3.96. The molecule has 0 saturated carbocycles. The summed E-state index contributed by atoms with van der Waals surface area (Å²) < 4.78 is 78.5. The third-order valence-electron chi connectivity index (χ3n) is 9.53. The smallest absolute Gasteiger partial charge is 0.417 e. The van der Waals surface area contributed by atoms with Gasteiger partial charge in [-0.15, -0.1) is 0 Å². The molecule has 3 heterocycles. The standard InChI is InChI=1S/C32H38F5N7O2/c1-17-12-23-25(14-22(17)26-27(32(35,36)37)18(2)13-24(39)28(26)34)40-31(46-16-21-6-5-9-42(21)4)41-29(23)43-10-11-44(30(45)19(3)33)20(15-43)7-8-38/h13,17,20-22H,3,5-7,9-12,14-16,39H2,1-2,4H3. The number of nitrogen functional groups attached to an aromatic ring is 1. The van der Waals surface area contributed by atoms with Gasteiger partial charge in [0, 0.05) is 36.8 Å². The minimum atomic E-state index is -4.80. The second kappa shape index (κ2) is 13.0. The Bertz CT molecular complexity index is 1560. The van der Waals surface area contributed by atoms with Gasteiger partial charge in [0.15, 0.2) is 5.83 Å². The first-order chi connectivity index (χ1) is 21.7. The van der Waals surface area contributed by atoms with E-state index in [1.807, 2.05) is 11.9 Å². The minimum Gasteiger partial charge on any atom is -0.462 e. The van der Waals surface area contributed by atoms with Gasteiger partial charge < -0.3 is 25.2 Å². The fourth-order valence-corrected chi connectivity index (χ4v) is 7.14. The lowest BCUT2D eigenvalue weighted by Crippen LogP contribution is -2.55. The van der Waals surface area contributed by atoms with E-state index in [0.29, 0.717) is 23.7 Å². The number of likely N-dealkylation sites (N-methyl/N-ethyl adjacent to an activating group) is 1. The first-order valence-electron chi connectivity index (χ1n) is 15.4. The Balaban J connectivity index is 1.56. The molecule has 0 bridgehead atoms. The number of anilines is 2. The molecule has 4 atom stereocenters. The van der Waals surface area contributed by atoms with Crippen LogP contribution in [0.25, 0.3) is 0 Å². The number of hydrogen-bond donors (Lipinski definition) is 1. The lowest BCUT2D eigenvalue weighted by atomic mass is 9.73. The van der Waals surface area contributed by atoms with Gasteiger partial charge >= 0.3 is 12.2 Å². The zero-order valence-electron chi connectivity index (χ0n) is 26.1. The highest BCUT2D eigenvalue weighted by Gasteiger charge is 2.43. The molecule has 2 aromatic rings. The highest BCUT2D eigenvalue weighted by atomic mass is 19.4. The maximum absolute atomic E-state index is 15.6. The number of ether oxygens (including phenoxy) is 1. The molecule has 0 radical (unpaired) electrons. The third-order valence-corrected chi connectivity index (χ3v) is 9.53. The monoisotopic (exact) mass is 647 g/mol. The van der Waals surface area contributed by atoms with Crippen LogP contribution in [-0.2, 0) is 23.8 Å². The van der Waals surface area contributed by atoms with Gasteiger partial charge in [0.05, 0.1) is 35.5 Å². The number of alkyl halides is 3. The summed E-state index contributed by atoms with van der Waals surface area (Å²) in [4.78, 5) is 27.2. The van der Waals surface area contributed by atoms with Gasteiger partial charge in [-0.25, -0.2) is 8.78 Å². The molecule has 2 aliphatic heterocycles. The maximum atomic E-state index is 15.6. The van der Waals surface area contributed by atoms with Crippen molar-refractivity contribution in [2.75, 3.05) is 50.5 Å². The van der Waals surface area contributed by atoms with Gasteiger partial charge in [0.2, 0.25) is 0 Å². The molecule has 2 fully saturated rings. The van der Waals surface area contributed by atoms with Crippen LogP contribution in [0.15, 0.2) is 18.5 Å². The summed E-state index contributed by atoms with van der Waals surface area (Å²) in [7, 11) is 1.99. The van der Waals surface area contributed by atoms with Gasteiger partial charge in [-0.3, -0.25) is 4.79 Å². The van der Waals surface area contributed by atoms with Crippen LogP contribution in [-0.4, -0.2) is 77.6 Å². The van der Waals surface area contributed by atoms with Gasteiger partial charge in [-0.1, -0.05) is 13.5 Å². The Labute approximate surface area is 264 Å². The van der Waals surface area contributed by atoms with E-state index in [0.717, 1.165) is 25.5 Å². The van der Waals surface area contributed by atoms with Gasteiger partial charge in [0.1, 0.15) is 18.2 Å². The van der Waals surface area contributed by atoms with Crippen molar-refractivity contribution in [1.82, 2.24) is 19.8 Å². The maximum Gasteiger partial charge on any atom is 0.417 e. The Kier molecular flexibility index (Phi) is 9.45. The number of carbonyl (C=O) groups excluding carboxylic acids is 1. The molecule has 1 aromatic heterocycles. The Morgan fingerprint density at radius 3 is 2.59 bits per heavy atom. The number of aromatic nitrogens is 2. The molecule has 9 nitrogen and oxygen atoms in total. The quantitative estimate of drug-likeness (QED) is 0.256. The molecular weight excluding hydrogens is 609 g/mol. The number of fused-ring (bicyclic) bond motifs is 1. The molecule has 248 valence electrons. The zero-order valence-corrected chi connectivity index (χ0v) is 26.1. The topological polar surface area (TPSA) is 112 Å². The van der Waals surface area contributed by atoms with E-state index in [1.165, 1.54) is 11.8 Å². The number of benzene rings is 1. The molecule has 2 N–H and O–H groups in total. The molecule has 1 aromatic carbocycles. The highest BCUT2D eigenvalue weighted by Crippen LogP contribution is 2.47. The SMILES string of the molecule is C=C(F)C(=O)N1CCN(c2nc(OCC3CCCN3C)nc3c2CC(C)C(c2c(F)c(N)cc(C)c2C(F)(F)F)C3)CC1CC#N. The molecule has 3 aliphatic rings. The Hall–Kier alpha value is -3.99. The highest BCUT2D eigenvalue weighted by molar-refractivity contribution is 5.91. The largest absolute Gasteiger partial charge is 0.462 e. The minimum absolute atomic E-state index is 0.0175. The lowest BCUT2D eigenvalue weighted by molar-refractivity contribution is -0.139. The summed E-state index contributed by atoms with van der Waals surface area (Å²) in [5.41, 5.74) is 4.96. The summed E-state index contributed by atoms with van der Waals surface area (Å²) in [5, 5.41) is 9.47. The summed E-state index contributed by atoms with van der Waals surface area (Å²) in [6.45, 7) is 7.86. The number of nitrogens with two attached hydrogens (primary N) is 1. The van der Waals surface area contributed by atoms with Crippen molar-refractivity contribution in [3.8, 4) is 12.1 Å². The van der Waals surface area contributed by atoms with Crippen molar-refractivity contribution in [1.29, 1.82) is 5.26 Å². The van der Waals surface area contributed by atoms with Crippen LogP contribution in [0.2, 0.25) is 0 Å². The predicted octanol–water partition coefficient (Wildman–Crippen LogP) is 4.93. The lowest BCUT2D eigenvalue weighted by Gasteiger charge is -2.42. The Morgan fingerprint density at radius 1 is 1.22 bits per heavy atom. The number of rotatable bonds is 7. The number of carbonyl (C=O) groups is 1. The van der Waals surface area contributed by atoms with Crippen LogP contribution in [0.4, 0.5) is 33.5 Å². The predicted molar refractivity (Wildman–Crippen MR) is 161 cm³/mol. The van der Waals surface area contributed by atoms with E-state index in [9.17, 15) is 27.6 Å². The van der Waals surface area contributed by atoms with Crippen LogP contribution in [0.5, 0.6) is 6.01 Å². The first kappa shape index (κ1) is 33.4. The zero-order chi connectivity index (χ0) is 33.5. The van der Waals surface area contributed by atoms with Crippen LogP contribution in [0.1, 0.15) is 60.1 Å². The van der Waals surface area contributed by atoms with E-state index in [-0.39, 0.29) is 62.2 Å². The van der Waals surface area contributed by atoms with Crippen molar-refractivity contribution >= 4 is 17.4 Å². The van der Waals surface area contributed by atoms with Crippen LogP contribution >= 0.6 is 0 Å². The van der Waals surface area contributed by atoms with Crippen LogP contribution in [0, 0.1) is 30.0 Å². The number of hydrogen-bond acceptors (Lipinski definition) is 8. The summed E-state index contributed by atoms with van der Waals surface area (Å²) in [6.07, 6.45) is -2.71. The number of nitriles is 1. The normalized spacial score (nSPS) is 23.6. The third kappa shape index (κ3) is 6.47. The molecule has 14 heteroatoms. The van der Waals surface area contributed by atoms with Gasteiger partial charge in [0.25, 0.3) is 5.91 Å². The van der Waals surface area contributed by atoms with Crippen molar-refractivity contribution in [2.45, 2.75) is 70.1 Å². The molecule has 5 rings (SSSR count). The number of aryl methyl sites for hydroxylation is 1. The number of likely N-dealkylation sites (tertiary alicyclic amines) is 1. The van der Waals surface area contributed by atoms with E-state index in [2.05, 4.69) is 22.5 Å². The molecule has 1 amide bonds. The number of piperazine rings is 1. The fraction of sp³-hybridized carbons (Fsp3) is 0.562. The van der Waals surface area contributed by atoms with Crippen molar-refractivity contribution in [2.24, 2.45) is 5.92 Å². The molecular formula is C32H38F5N7O2. The molecule has 2 saturated heterocycles. The van der Waals surface area contributed by atoms with Gasteiger partial charge in [-0.05, 0) is 69.7 Å². The molecule has 0 spiro atoms. The molecule has 4 unspecified atom stereocenters. The fourth-order valence-electron chi connectivity index (χ4n) is 7.14. The van der Waals surface area contributed by atoms with E-state index < -0.39 is 52.7 Å². The number of nitrogens with zero attached hydrogens (tertiary/aromatic N) is 6. The summed E-state index contributed by atoms with van der Waals surface area (Å²) >= 11 is 0. The van der Waals surface area contributed by atoms with E-state index in [1.54, 1.807) is 6.92 Å². The molecule has 46 heavy (non-hydrogen) atoms. The van der Waals surface area contributed by atoms with Crippen molar-refractivity contribution < 1.29 is 31.5 Å². The van der Waals surface area contributed by atoms with Gasteiger partial charge in [-0.2, -0.15) is 28.4 Å². The molecule has 1 aliphatic carbocycles. The second-order valence-corrected chi connectivity index (χ2v) is 12.6.